The molecule has 1 atom stereocenters. The fraction of sp³-hybridized carbons (Fsp3) is 0.474. The molecule has 0 unspecified atom stereocenters. The molecule has 0 saturated carbocycles. The summed E-state index contributed by atoms with van der Waals surface area (Å²) in [5, 5.41) is 0. The smallest absolute Gasteiger partial charge is 0.242 e. The largest absolute Gasteiger partial charge is 0.368 e. The van der Waals surface area contributed by atoms with E-state index >= 15 is 0 Å². The van der Waals surface area contributed by atoms with Gasteiger partial charge in [-0.25, -0.2) is 4.98 Å². The van der Waals surface area contributed by atoms with E-state index in [1.165, 1.54) is 11.3 Å². The van der Waals surface area contributed by atoms with Crippen LogP contribution in [0.4, 0.5) is 5.69 Å². The molecular weight excluding hydrogens is 300 g/mol. The van der Waals surface area contributed by atoms with Crippen molar-refractivity contribution in [2.75, 3.05) is 24.5 Å². The quantitative estimate of drug-likeness (QED) is 0.867. The molecule has 5 heteroatoms. The van der Waals surface area contributed by atoms with Gasteiger partial charge in [-0.2, -0.15) is 0 Å². The van der Waals surface area contributed by atoms with Crippen molar-refractivity contribution in [2.24, 2.45) is 0 Å². The maximum atomic E-state index is 12.7. The Morgan fingerprint density at radius 3 is 2.67 bits per heavy atom. The maximum Gasteiger partial charge on any atom is 0.242 e. The Morgan fingerprint density at radius 2 is 2.00 bits per heavy atom. The number of benzene rings is 1. The van der Waals surface area contributed by atoms with E-state index in [2.05, 4.69) is 54.9 Å². The Morgan fingerprint density at radius 1 is 1.25 bits per heavy atom. The van der Waals surface area contributed by atoms with Crippen LogP contribution < -0.4 is 4.90 Å². The summed E-state index contributed by atoms with van der Waals surface area (Å²) in [7, 11) is 0. The van der Waals surface area contributed by atoms with Gasteiger partial charge in [0.15, 0.2) is 0 Å². The summed E-state index contributed by atoms with van der Waals surface area (Å²) in [5.74, 6) is 1.15. The lowest BCUT2D eigenvalue weighted by Gasteiger charge is -2.41. The number of amides is 1. The highest BCUT2D eigenvalue weighted by molar-refractivity contribution is 5.77. The minimum absolute atomic E-state index is 0.179. The van der Waals surface area contributed by atoms with Crippen molar-refractivity contribution in [1.82, 2.24) is 14.5 Å². The van der Waals surface area contributed by atoms with Gasteiger partial charge >= 0.3 is 0 Å². The Labute approximate surface area is 143 Å². The molecule has 2 aromatic rings. The molecule has 1 aromatic heterocycles. The zero-order valence-corrected chi connectivity index (χ0v) is 14.8. The summed E-state index contributed by atoms with van der Waals surface area (Å²) in [6, 6.07) is 8.82. The van der Waals surface area contributed by atoms with E-state index < -0.39 is 0 Å². The molecule has 128 valence electrons. The van der Waals surface area contributed by atoms with Crippen LogP contribution >= 0.6 is 0 Å². The SMILES string of the molecule is CCc1nccn1CC(=O)N1CCN(c2ccc(C)cc2)C[C@@H]1C. The minimum atomic E-state index is 0.179. The summed E-state index contributed by atoms with van der Waals surface area (Å²) in [6.07, 6.45) is 4.51. The zero-order valence-electron chi connectivity index (χ0n) is 14.8. The Balaban J connectivity index is 1.63. The molecule has 1 aliphatic rings. The monoisotopic (exact) mass is 326 g/mol. The van der Waals surface area contributed by atoms with E-state index in [9.17, 15) is 4.79 Å². The van der Waals surface area contributed by atoms with Gasteiger partial charge in [0.1, 0.15) is 12.4 Å². The fourth-order valence-electron chi connectivity index (χ4n) is 3.35. The van der Waals surface area contributed by atoms with Crippen LogP contribution in [0.15, 0.2) is 36.7 Å². The van der Waals surface area contributed by atoms with Gasteiger partial charge in [0.25, 0.3) is 0 Å². The van der Waals surface area contributed by atoms with Gasteiger partial charge in [-0.05, 0) is 26.0 Å². The summed E-state index contributed by atoms with van der Waals surface area (Å²) < 4.78 is 1.96. The van der Waals surface area contributed by atoms with Crippen LogP contribution in [0.2, 0.25) is 0 Å². The van der Waals surface area contributed by atoms with E-state index in [0.29, 0.717) is 6.54 Å². The molecule has 0 spiro atoms. The van der Waals surface area contributed by atoms with Gasteiger partial charge < -0.3 is 14.4 Å². The molecule has 0 radical (unpaired) electrons. The topological polar surface area (TPSA) is 41.4 Å². The van der Waals surface area contributed by atoms with Crippen molar-refractivity contribution in [1.29, 1.82) is 0 Å². The van der Waals surface area contributed by atoms with Crippen molar-refractivity contribution in [2.45, 2.75) is 39.8 Å². The van der Waals surface area contributed by atoms with Gasteiger partial charge in [0.05, 0.1) is 0 Å². The lowest BCUT2D eigenvalue weighted by molar-refractivity contribution is -0.134. The van der Waals surface area contributed by atoms with Crippen LogP contribution in [0, 0.1) is 6.92 Å². The van der Waals surface area contributed by atoms with Crippen molar-refractivity contribution in [3.05, 3.63) is 48.0 Å². The Kier molecular flexibility index (Phi) is 4.88. The molecule has 1 aliphatic heterocycles. The normalized spacial score (nSPS) is 18.0. The van der Waals surface area contributed by atoms with Crippen LogP contribution in [0.25, 0.3) is 0 Å². The number of piperazine rings is 1. The summed E-state index contributed by atoms with van der Waals surface area (Å²) in [5.41, 5.74) is 2.51. The average Bonchev–Trinajstić information content (AvgIpc) is 3.02. The van der Waals surface area contributed by atoms with Gasteiger partial charge in [-0.3, -0.25) is 4.79 Å². The number of aromatic nitrogens is 2. The number of hydrogen-bond donors (Lipinski definition) is 0. The molecule has 3 rings (SSSR count). The first-order valence-corrected chi connectivity index (χ1v) is 8.69. The molecule has 0 aliphatic carbocycles. The van der Waals surface area contributed by atoms with Crippen molar-refractivity contribution in [3.8, 4) is 0 Å². The predicted molar refractivity (Wildman–Crippen MR) is 96.2 cm³/mol. The predicted octanol–water partition coefficient (Wildman–Crippen LogP) is 2.49. The third kappa shape index (κ3) is 3.45. The molecule has 0 N–H and O–H groups in total. The number of hydrogen-bond acceptors (Lipinski definition) is 3. The van der Waals surface area contributed by atoms with Gasteiger partial charge in [-0.15, -0.1) is 0 Å². The number of carbonyl (C=O) groups excluding carboxylic acids is 1. The molecule has 1 aromatic carbocycles. The molecule has 1 saturated heterocycles. The van der Waals surface area contributed by atoms with Gasteiger partial charge in [0, 0.05) is 50.2 Å². The first-order valence-electron chi connectivity index (χ1n) is 8.69. The fourth-order valence-corrected chi connectivity index (χ4v) is 3.35. The highest BCUT2D eigenvalue weighted by Crippen LogP contribution is 2.20. The third-order valence-corrected chi connectivity index (χ3v) is 4.77. The van der Waals surface area contributed by atoms with Gasteiger partial charge in [0.2, 0.25) is 5.91 Å². The minimum Gasteiger partial charge on any atom is -0.368 e. The molecular formula is C19H26N4O. The molecule has 24 heavy (non-hydrogen) atoms. The third-order valence-electron chi connectivity index (χ3n) is 4.77. The number of nitrogens with zero attached hydrogens (tertiary/aromatic N) is 4. The lowest BCUT2D eigenvalue weighted by Crippen LogP contribution is -2.54. The highest BCUT2D eigenvalue weighted by atomic mass is 16.2. The van der Waals surface area contributed by atoms with Gasteiger partial charge in [-0.1, -0.05) is 24.6 Å². The Hall–Kier alpha value is -2.30. The van der Waals surface area contributed by atoms with Crippen molar-refractivity contribution in [3.63, 3.8) is 0 Å². The number of imidazole rings is 1. The summed E-state index contributed by atoms with van der Waals surface area (Å²) in [6.45, 7) is 9.20. The van der Waals surface area contributed by atoms with E-state index in [1.807, 2.05) is 15.7 Å². The number of rotatable bonds is 4. The number of aryl methyl sites for hydroxylation is 2. The van der Waals surface area contributed by atoms with Crippen LogP contribution in [0.5, 0.6) is 0 Å². The molecule has 0 bridgehead atoms. The number of carbonyl (C=O) groups is 1. The average molecular weight is 326 g/mol. The summed E-state index contributed by atoms with van der Waals surface area (Å²) >= 11 is 0. The van der Waals surface area contributed by atoms with E-state index in [1.54, 1.807) is 6.20 Å². The second kappa shape index (κ2) is 7.07. The second-order valence-corrected chi connectivity index (χ2v) is 6.54. The Bertz CT molecular complexity index is 692. The lowest BCUT2D eigenvalue weighted by atomic mass is 10.1. The molecule has 5 nitrogen and oxygen atoms in total. The summed E-state index contributed by atoms with van der Waals surface area (Å²) in [4.78, 5) is 21.4. The molecule has 1 amide bonds. The highest BCUT2D eigenvalue weighted by Gasteiger charge is 2.27. The maximum absolute atomic E-state index is 12.7. The van der Waals surface area contributed by atoms with Crippen LogP contribution in [0.1, 0.15) is 25.2 Å². The molecule has 2 heterocycles. The van der Waals surface area contributed by atoms with E-state index in [4.69, 9.17) is 0 Å². The van der Waals surface area contributed by atoms with E-state index in [0.717, 1.165) is 31.9 Å². The van der Waals surface area contributed by atoms with Crippen LogP contribution in [-0.2, 0) is 17.8 Å². The second-order valence-electron chi connectivity index (χ2n) is 6.54. The zero-order chi connectivity index (χ0) is 17.1. The van der Waals surface area contributed by atoms with Crippen LogP contribution in [-0.4, -0.2) is 46.0 Å². The first-order chi connectivity index (χ1) is 11.6. The van der Waals surface area contributed by atoms with E-state index in [-0.39, 0.29) is 11.9 Å². The first kappa shape index (κ1) is 16.6. The van der Waals surface area contributed by atoms with Crippen molar-refractivity contribution >= 4 is 11.6 Å². The van der Waals surface area contributed by atoms with Crippen molar-refractivity contribution < 1.29 is 4.79 Å². The van der Waals surface area contributed by atoms with Crippen LogP contribution in [0.3, 0.4) is 0 Å². The standard InChI is InChI=1S/C19H26N4O/c1-4-18-20-9-10-22(18)14-19(24)23-12-11-21(13-16(23)3)17-7-5-15(2)6-8-17/h5-10,16H,4,11-14H2,1-3H3/t16-/m0/s1. The molecule has 1 fully saturated rings. The number of anilines is 1.